The molecule has 4 atom stereocenters. The molecule has 8 nitrogen and oxygen atoms in total. The maximum Gasteiger partial charge on any atom is 0.434 e. The molecular formula is C15H16F3N5O3. The fourth-order valence-electron chi connectivity index (χ4n) is 2.58. The van der Waals surface area contributed by atoms with Gasteiger partial charge in [0.15, 0.2) is 5.69 Å². The maximum atomic E-state index is 12.8. The first-order valence-electron chi connectivity index (χ1n) is 7.68. The first kappa shape index (κ1) is 18.4. The Balaban J connectivity index is 1.89. The van der Waals surface area contributed by atoms with Crippen LogP contribution < -0.4 is 5.32 Å². The van der Waals surface area contributed by atoms with E-state index in [9.17, 15) is 23.4 Å². The highest BCUT2D eigenvalue weighted by atomic mass is 19.4. The largest absolute Gasteiger partial charge is 0.434 e. The molecule has 0 unspecified atom stereocenters. The molecule has 0 spiro atoms. The molecule has 1 saturated heterocycles. The minimum atomic E-state index is -4.66. The lowest BCUT2D eigenvalue weighted by Crippen LogP contribution is -2.52. The van der Waals surface area contributed by atoms with Crippen LogP contribution in [0.4, 0.5) is 19.0 Å². The van der Waals surface area contributed by atoms with Crippen molar-refractivity contribution in [3.63, 3.8) is 0 Å². The van der Waals surface area contributed by atoms with Gasteiger partial charge in [-0.2, -0.15) is 13.2 Å². The van der Waals surface area contributed by atoms with Crippen molar-refractivity contribution in [3.05, 3.63) is 41.9 Å². The molecule has 1 aliphatic heterocycles. The number of alkyl halides is 3. The minimum Gasteiger partial charge on any atom is -0.388 e. The van der Waals surface area contributed by atoms with Crippen molar-refractivity contribution in [2.45, 2.75) is 37.5 Å². The van der Waals surface area contributed by atoms with E-state index in [0.29, 0.717) is 17.6 Å². The molecule has 3 N–H and O–H groups in total. The molecule has 0 aliphatic carbocycles. The van der Waals surface area contributed by atoms with E-state index in [4.69, 9.17) is 4.74 Å². The quantitative estimate of drug-likeness (QED) is 0.728. The molecule has 140 valence electrons. The van der Waals surface area contributed by atoms with Gasteiger partial charge in [0.05, 0.1) is 25.0 Å². The lowest BCUT2D eigenvalue weighted by Gasteiger charge is -2.39. The Morgan fingerprint density at radius 2 is 1.85 bits per heavy atom. The number of halogens is 3. The average molecular weight is 371 g/mol. The van der Waals surface area contributed by atoms with Gasteiger partial charge in [0.2, 0.25) is 0 Å². The summed E-state index contributed by atoms with van der Waals surface area (Å²) in [4.78, 5) is 15.1. The Kier molecular flexibility index (Phi) is 5.03. The summed E-state index contributed by atoms with van der Waals surface area (Å²) in [5.41, 5.74) is -0.677. The summed E-state index contributed by atoms with van der Waals surface area (Å²) in [6.07, 6.45) is -3.32. The molecule has 26 heavy (non-hydrogen) atoms. The van der Waals surface area contributed by atoms with Gasteiger partial charge in [0.1, 0.15) is 30.0 Å². The van der Waals surface area contributed by atoms with E-state index >= 15 is 0 Å². The Labute approximate surface area is 146 Å². The second-order valence-corrected chi connectivity index (χ2v) is 5.83. The van der Waals surface area contributed by atoms with E-state index in [-0.39, 0.29) is 12.4 Å². The first-order chi connectivity index (χ1) is 12.3. The molecule has 0 saturated carbocycles. The predicted molar refractivity (Wildman–Crippen MR) is 81.9 cm³/mol. The summed E-state index contributed by atoms with van der Waals surface area (Å²) in [5.74, 6) is 0.318. The van der Waals surface area contributed by atoms with Crippen molar-refractivity contribution in [1.82, 2.24) is 19.9 Å². The number of nitrogens with one attached hydrogen (secondary N) is 1. The smallest absolute Gasteiger partial charge is 0.388 e. The zero-order valence-electron chi connectivity index (χ0n) is 13.6. The van der Waals surface area contributed by atoms with Gasteiger partial charge in [-0.1, -0.05) is 0 Å². The Hall–Kier alpha value is -2.37. The number of aliphatic hydroxyl groups excluding tert-OH is 2. The molecule has 2 aromatic heterocycles. The van der Waals surface area contributed by atoms with Gasteiger partial charge in [-0.25, -0.2) is 15.0 Å². The predicted octanol–water partition coefficient (Wildman–Crippen LogP) is 0.868. The van der Waals surface area contributed by atoms with Gasteiger partial charge < -0.3 is 20.3 Å². The summed E-state index contributed by atoms with van der Waals surface area (Å²) in [6.45, 7) is 1.55. The Morgan fingerprint density at radius 3 is 2.50 bits per heavy atom. The van der Waals surface area contributed by atoms with Gasteiger partial charge in [-0.05, 0) is 6.92 Å². The zero-order valence-corrected chi connectivity index (χ0v) is 13.6. The van der Waals surface area contributed by atoms with Crippen molar-refractivity contribution in [2.75, 3.05) is 11.9 Å². The number of hydrogen-bond acceptors (Lipinski definition) is 8. The van der Waals surface area contributed by atoms with Crippen LogP contribution in [0.15, 0.2) is 24.8 Å². The second kappa shape index (κ2) is 7.09. The summed E-state index contributed by atoms with van der Waals surface area (Å²) < 4.78 is 44.0. The number of rotatable bonds is 3. The van der Waals surface area contributed by atoms with Crippen molar-refractivity contribution in [2.24, 2.45) is 0 Å². The number of nitrogens with zero attached hydrogens (tertiary/aromatic N) is 4. The molecule has 1 aliphatic rings. The van der Waals surface area contributed by atoms with E-state index in [0.717, 1.165) is 6.20 Å². The minimum absolute atomic E-state index is 0.147. The van der Waals surface area contributed by atoms with E-state index in [1.54, 1.807) is 6.92 Å². The standard InChI is InChI=1S/C15H16F3N5O3/c1-7-20-2-8(3-21-7)14-12(13(25)9(24)6-26-14)23-11-5-19-4-10(22-11)15(16,17)18/h2-5,9,12-14,24-25H,6H2,1H3,(H,22,23)/t9-,12+,13-,14+/m0/s1. The lowest BCUT2D eigenvalue weighted by molar-refractivity contribution is -0.141. The zero-order chi connectivity index (χ0) is 18.9. The molecule has 0 bridgehead atoms. The third kappa shape index (κ3) is 3.89. The number of aryl methyl sites for hydroxylation is 1. The van der Waals surface area contributed by atoms with E-state index < -0.39 is 36.2 Å². The second-order valence-electron chi connectivity index (χ2n) is 5.83. The fraction of sp³-hybridized carbons (Fsp3) is 0.467. The van der Waals surface area contributed by atoms with Crippen LogP contribution >= 0.6 is 0 Å². The van der Waals surface area contributed by atoms with Crippen molar-refractivity contribution in [1.29, 1.82) is 0 Å². The highest BCUT2D eigenvalue weighted by Crippen LogP contribution is 2.32. The van der Waals surface area contributed by atoms with E-state index in [2.05, 4.69) is 25.3 Å². The summed E-state index contributed by atoms with van der Waals surface area (Å²) in [5, 5.41) is 22.8. The number of anilines is 1. The SMILES string of the molecule is Cc1ncc([C@H]2OC[C@H](O)[C@H](O)[C@H]2Nc2cncc(C(F)(F)F)n2)cn1. The Morgan fingerprint density at radius 1 is 1.15 bits per heavy atom. The highest BCUT2D eigenvalue weighted by molar-refractivity contribution is 5.36. The van der Waals surface area contributed by atoms with Gasteiger partial charge in [-0.3, -0.25) is 4.98 Å². The van der Waals surface area contributed by atoms with Crippen LogP contribution in [-0.4, -0.2) is 55.0 Å². The van der Waals surface area contributed by atoms with Gasteiger partial charge >= 0.3 is 6.18 Å². The first-order valence-corrected chi connectivity index (χ1v) is 7.68. The summed E-state index contributed by atoms with van der Waals surface area (Å²) >= 11 is 0. The number of aromatic nitrogens is 4. The van der Waals surface area contributed by atoms with Crippen LogP contribution in [0.3, 0.4) is 0 Å². The molecule has 2 aromatic rings. The molecular weight excluding hydrogens is 355 g/mol. The van der Waals surface area contributed by atoms with Gasteiger partial charge in [0.25, 0.3) is 0 Å². The van der Waals surface area contributed by atoms with Crippen LogP contribution in [0.1, 0.15) is 23.2 Å². The van der Waals surface area contributed by atoms with Crippen LogP contribution in [-0.2, 0) is 10.9 Å². The van der Waals surface area contributed by atoms with Crippen LogP contribution in [0.25, 0.3) is 0 Å². The summed E-state index contributed by atoms with van der Waals surface area (Å²) in [6, 6.07) is -0.983. The maximum absolute atomic E-state index is 12.8. The van der Waals surface area contributed by atoms with Crippen molar-refractivity contribution >= 4 is 5.82 Å². The third-order valence-corrected chi connectivity index (χ3v) is 3.90. The average Bonchev–Trinajstić information content (AvgIpc) is 2.60. The number of aliphatic hydroxyl groups is 2. The molecule has 0 aromatic carbocycles. The third-order valence-electron chi connectivity index (χ3n) is 3.90. The molecule has 3 rings (SSSR count). The van der Waals surface area contributed by atoms with E-state index in [1.807, 2.05) is 0 Å². The van der Waals surface area contributed by atoms with Crippen molar-refractivity contribution < 1.29 is 28.1 Å². The highest BCUT2D eigenvalue weighted by Gasteiger charge is 2.40. The number of hydrogen-bond donors (Lipinski definition) is 3. The fourth-order valence-corrected chi connectivity index (χ4v) is 2.58. The van der Waals surface area contributed by atoms with Crippen molar-refractivity contribution in [3.8, 4) is 0 Å². The lowest BCUT2D eigenvalue weighted by atomic mass is 9.93. The molecule has 11 heteroatoms. The molecule has 3 heterocycles. The van der Waals surface area contributed by atoms with Crippen LogP contribution in [0.2, 0.25) is 0 Å². The topological polar surface area (TPSA) is 113 Å². The normalized spacial score (nSPS) is 26.5. The molecule has 1 fully saturated rings. The van der Waals surface area contributed by atoms with E-state index in [1.165, 1.54) is 12.4 Å². The van der Waals surface area contributed by atoms with Crippen LogP contribution in [0, 0.1) is 6.92 Å². The number of ether oxygens (including phenoxy) is 1. The monoisotopic (exact) mass is 371 g/mol. The molecule has 0 radical (unpaired) electrons. The summed E-state index contributed by atoms with van der Waals surface area (Å²) in [7, 11) is 0. The van der Waals surface area contributed by atoms with Gasteiger partial charge in [-0.15, -0.1) is 0 Å². The Bertz CT molecular complexity index is 759. The van der Waals surface area contributed by atoms with Gasteiger partial charge in [0, 0.05) is 18.0 Å². The molecule has 0 amide bonds. The van der Waals surface area contributed by atoms with Crippen LogP contribution in [0.5, 0.6) is 0 Å².